The molecule has 0 amide bonds. The van der Waals surface area contributed by atoms with Crippen LogP contribution in [0.15, 0.2) is 145 Å². The highest BCUT2D eigenvalue weighted by molar-refractivity contribution is 5.95. The molecule has 5 aromatic rings. The van der Waals surface area contributed by atoms with E-state index in [4.69, 9.17) is 0 Å². The molecule has 2 heteroatoms. The predicted octanol–water partition coefficient (Wildman–Crippen LogP) is 12.7. The summed E-state index contributed by atoms with van der Waals surface area (Å²) in [6.45, 7) is 14.0. The second kappa shape index (κ2) is 11.6. The van der Waals surface area contributed by atoms with E-state index in [1.165, 1.54) is 83.8 Å². The number of anilines is 2. The minimum Gasteiger partial charge on any atom is -0.334 e. The number of fused-ring (bicyclic) bond motifs is 6. The van der Waals surface area contributed by atoms with Crippen LogP contribution in [0.1, 0.15) is 81.0 Å². The van der Waals surface area contributed by atoms with E-state index in [1.807, 2.05) is 0 Å². The first-order chi connectivity index (χ1) is 24.7. The fraction of sp³-hybridized carbons (Fsp3) is 0.224. The molecule has 0 fully saturated rings. The molecule has 9 rings (SSSR count). The monoisotopic (exact) mass is 662 g/mol. The van der Waals surface area contributed by atoms with Gasteiger partial charge in [-0.3, -0.25) is 0 Å². The van der Waals surface area contributed by atoms with Crippen molar-refractivity contribution >= 4 is 39.5 Å². The number of hydrogen-bond donors (Lipinski definition) is 0. The zero-order chi connectivity index (χ0) is 35.1. The van der Waals surface area contributed by atoms with E-state index in [-0.39, 0.29) is 16.9 Å². The first-order valence-electron chi connectivity index (χ1n) is 18.6. The van der Waals surface area contributed by atoms with Gasteiger partial charge in [-0.1, -0.05) is 119 Å². The Morgan fingerprint density at radius 2 is 1.51 bits per heavy atom. The molecule has 0 saturated heterocycles. The molecule has 0 bridgehead atoms. The van der Waals surface area contributed by atoms with Gasteiger partial charge in [-0.15, -0.1) is 0 Å². The van der Waals surface area contributed by atoms with E-state index in [9.17, 15) is 0 Å². The van der Waals surface area contributed by atoms with Crippen molar-refractivity contribution in [2.75, 3.05) is 4.90 Å². The topological polar surface area (TPSA) is 8.17 Å². The largest absolute Gasteiger partial charge is 0.334 e. The van der Waals surface area contributed by atoms with Crippen LogP contribution in [-0.2, 0) is 10.8 Å². The summed E-state index contributed by atoms with van der Waals surface area (Å²) in [5, 5.41) is 1.29. The minimum absolute atomic E-state index is 0.0539. The summed E-state index contributed by atoms with van der Waals surface area (Å²) < 4.78 is 2.41. The van der Waals surface area contributed by atoms with Gasteiger partial charge in [0.1, 0.15) is 0 Å². The molecule has 4 aromatic carbocycles. The highest BCUT2D eigenvalue weighted by Gasteiger charge is 2.41. The molecular formula is C49H46N2. The van der Waals surface area contributed by atoms with Gasteiger partial charge in [0.15, 0.2) is 0 Å². The van der Waals surface area contributed by atoms with Crippen LogP contribution < -0.4 is 4.90 Å². The Balaban J connectivity index is 1.24. The second-order valence-corrected chi connectivity index (χ2v) is 15.6. The molecule has 0 aliphatic heterocycles. The van der Waals surface area contributed by atoms with Crippen LogP contribution in [0, 0.1) is 6.92 Å². The summed E-state index contributed by atoms with van der Waals surface area (Å²) in [5.74, 6) is 0. The predicted molar refractivity (Wildman–Crippen MR) is 218 cm³/mol. The number of aromatic nitrogens is 1. The number of allylic oxidation sites excluding steroid dienone is 9. The Morgan fingerprint density at radius 1 is 0.765 bits per heavy atom. The first kappa shape index (κ1) is 31.6. The molecule has 0 saturated carbocycles. The molecule has 1 unspecified atom stereocenters. The van der Waals surface area contributed by atoms with E-state index in [0.717, 1.165) is 12.8 Å². The van der Waals surface area contributed by atoms with Crippen molar-refractivity contribution in [1.82, 2.24) is 4.57 Å². The molecule has 51 heavy (non-hydrogen) atoms. The van der Waals surface area contributed by atoms with E-state index < -0.39 is 0 Å². The molecular weight excluding hydrogens is 617 g/mol. The van der Waals surface area contributed by atoms with Crippen molar-refractivity contribution in [1.29, 1.82) is 0 Å². The lowest BCUT2D eigenvalue weighted by molar-refractivity contribution is 0.643. The van der Waals surface area contributed by atoms with E-state index in [2.05, 4.69) is 191 Å². The summed E-state index contributed by atoms with van der Waals surface area (Å²) in [6.07, 6.45) is 20.7. The zero-order valence-corrected chi connectivity index (χ0v) is 30.7. The summed E-state index contributed by atoms with van der Waals surface area (Å²) in [7, 11) is 0. The van der Waals surface area contributed by atoms with Crippen LogP contribution in [0.5, 0.6) is 0 Å². The molecule has 1 heterocycles. The smallest absolute Gasteiger partial charge is 0.0563 e. The fourth-order valence-corrected chi connectivity index (χ4v) is 9.43. The van der Waals surface area contributed by atoms with Crippen molar-refractivity contribution in [3.05, 3.63) is 178 Å². The second-order valence-electron chi connectivity index (χ2n) is 15.6. The van der Waals surface area contributed by atoms with Gasteiger partial charge in [0.2, 0.25) is 0 Å². The summed E-state index contributed by atoms with van der Waals surface area (Å²) in [5.41, 5.74) is 18.5. The maximum absolute atomic E-state index is 2.62. The van der Waals surface area contributed by atoms with Gasteiger partial charge < -0.3 is 9.47 Å². The van der Waals surface area contributed by atoms with Crippen LogP contribution in [0.3, 0.4) is 0 Å². The van der Waals surface area contributed by atoms with E-state index in [1.54, 1.807) is 0 Å². The molecule has 0 N–H and O–H groups in total. The molecule has 4 aliphatic carbocycles. The van der Waals surface area contributed by atoms with Crippen LogP contribution in [-0.4, -0.2) is 10.6 Å². The summed E-state index contributed by atoms with van der Waals surface area (Å²) in [6, 6.07) is 34.3. The lowest BCUT2D eigenvalue weighted by atomic mass is 9.79. The molecule has 4 aliphatic rings. The van der Waals surface area contributed by atoms with Crippen LogP contribution in [0.2, 0.25) is 0 Å². The van der Waals surface area contributed by atoms with Gasteiger partial charge in [0.25, 0.3) is 0 Å². The molecule has 0 spiro atoms. The highest BCUT2D eigenvalue weighted by atomic mass is 15.2. The highest BCUT2D eigenvalue weighted by Crippen LogP contribution is 2.53. The third-order valence-electron chi connectivity index (χ3n) is 12.0. The van der Waals surface area contributed by atoms with Gasteiger partial charge in [-0.05, 0) is 125 Å². The lowest BCUT2D eigenvalue weighted by Gasteiger charge is -2.36. The maximum atomic E-state index is 2.62. The maximum Gasteiger partial charge on any atom is 0.0563 e. The Morgan fingerprint density at radius 3 is 2.33 bits per heavy atom. The van der Waals surface area contributed by atoms with Gasteiger partial charge >= 0.3 is 0 Å². The van der Waals surface area contributed by atoms with Crippen LogP contribution >= 0.6 is 0 Å². The van der Waals surface area contributed by atoms with E-state index in [0.29, 0.717) is 0 Å². The lowest BCUT2D eigenvalue weighted by Crippen LogP contribution is -2.32. The average molecular weight is 663 g/mol. The average Bonchev–Trinajstić information content (AvgIpc) is 3.49. The molecule has 252 valence electrons. The number of para-hydroxylation sites is 1. The van der Waals surface area contributed by atoms with Gasteiger partial charge in [0, 0.05) is 39.0 Å². The number of benzene rings is 4. The zero-order valence-electron chi connectivity index (χ0n) is 30.7. The summed E-state index contributed by atoms with van der Waals surface area (Å²) in [4.78, 5) is 2.62. The van der Waals surface area contributed by atoms with Crippen molar-refractivity contribution in [3.8, 4) is 5.69 Å². The third kappa shape index (κ3) is 4.69. The number of nitrogens with zero attached hydrogens (tertiary/aromatic N) is 2. The van der Waals surface area contributed by atoms with Gasteiger partial charge in [-0.25, -0.2) is 0 Å². The number of hydrogen-bond acceptors (Lipinski definition) is 1. The van der Waals surface area contributed by atoms with Crippen LogP contribution in [0.25, 0.3) is 33.8 Å². The standard InChI is InChI=1S/C49H46N2/c1-7-16-46-32(2)41-29-34(25-28-47(41)51(46)33-17-10-8-11-18-33)50(36-24-27-40-38-20-14-15-22-43(38)49(5,6)45(40)31-36)35-23-26-39-37-19-12-9-13-21-42(37)48(3,4)44(39)30-35/h7-8,10-23,25-31,36H,9,24H2,1-6H3/b16-7-. The molecule has 2 nitrogen and oxygen atoms in total. The molecule has 0 radical (unpaired) electrons. The van der Waals surface area contributed by atoms with Gasteiger partial charge in [0.05, 0.1) is 11.6 Å². The quantitative estimate of drug-likeness (QED) is 0.182. The Labute approximate surface area is 303 Å². The fourth-order valence-electron chi connectivity index (χ4n) is 9.43. The van der Waals surface area contributed by atoms with Crippen molar-refractivity contribution in [2.45, 2.75) is 71.3 Å². The first-order valence-corrected chi connectivity index (χ1v) is 18.6. The molecule has 1 aromatic heterocycles. The van der Waals surface area contributed by atoms with Crippen molar-refractivity contribution in [2.24, 2.45) is 0 Å². The van der Waals surface area contributed by atoms with Crippen molar-refractivity contribution < 1.29 is 0 Å². The Hall–Kier alpha value is -5.34. The number of aryl methyl sites for hydroxylation is 1. The number of rotatable bonds is 5. The Kier molecular flexibility index (Phi) is 7.20. The van der Waals surface area contributed by atoms with Crippen molar-refractivity contribution in [3.63, 3.8) is 0 Å². The normalized spacial score (nSPS) is 19.5. The summed E-state index contributed by atoms with van der Waals surface area (Å²) >= 11 is 0. The van der Waals surface area contributed by atoms with E-state index >= 15 is 0 Å². The minimum atomic E-state index is -0.0838. The third-order valence-corrected chi connectivity index (χ3v) is 12.0. The van der Waals surface area contributed by atoms with Crippen LogP contribution in [0.4, 0.5) is 11.4 Å². The van der Waals surface area contributed by atoms with Gasteiger partial charge in [-0.2, -0.15) is 0 Å². The SMILES string of the molecule is C/C=C\c1c(C)c2cc(N(c3ccc4c(c3)C(C)(C)C3=C4C=CCC=C3)C3C=C4C(=CC3)c3ccccc3C4(C)C)ccc2n1-c1ccccc1. The Bertz CT molecular complexity index is 2430. The molecule has 1 atom stereocenters.